The Labute approximate surface area is 185 Å². The molecule has 0 saturated carbocycles. The van der Waals surface area contributed by atoms with E-state index < -0.39 is 0 Å². The standard InChI is InChI=1S/C24H24N2O4S/c1-16(17-9-11-20(29-2)12-10-17)25-23(28)18-5-7-19(8-6-18)24-26(22(27)15-31-24)14-21-4-3-13-30-21/h3-13,16,24H,14-15H2,1-2H3,(H,25,28)/t16-,24-/m0/s1. The number of nitrogens with one attached hydrogen (secondary N) is 1. The summed E-state index contributed by atoms with van der Waals surface area (Å²) in [5.41, 5.74) is 2.57. The number of hydrogen-bond donors (Lipinski definition) is 1. The molecule has 1 saturated heterocycles. The molecule has 0 spiro atoms. The van der Waals surface area contributed by atoms with Gasteiger partial charge >= 0.3 is 0 Å². The van der Waals surface area contributed by atoms with Crippen molar-refractivity contribution < 1.29 is 18.7 Å². The van der Waals surface area contributed by atoms with Gasteiger partial charge in [-0.25, -0.2) is 0 Å². The SMILES string of the molecule is COc1ccc([C@H](C)NC(=O)c2ccc([C@@H]3SCC(=O)N3Cc3ccco3)cc2)cc1. The van der Waals surface area contributed by atoms with E-state index in [0.717, 1.165) is 22.6 Å². The van der Waals surface area contributed by atoms with Crippen molar-refractivity contribution in [1.82, 2.24) is 10.2 Å². The average molecular weight is 437 g/mol. The van der Waals surface area contributed by atoms with E-state index in [1.54, 1.807) is 37.3 Å². The van der Waals surface area contributed by atoms with Crippen molar-refractivity contribution in [3.05, 3.63) is 89.4 Å². The number of ether oxygens (including phenoxy) is 1. The molecule has 2 atom stereocenters. The first kappa shape index (κ1) is 21.1. The van der Waals surface area contributed by atoms with Gasteiger partial charge in [-0.3, -0.25) is 9.59 Å². The molecule has 2 amide bonds. The molecule has 4 rings (SSSR count). The average Bonchev–Trinajstić information content (AvgIpc) is 3.44. The summed E-state index contributed by atoms with van der Waals surface area (Å²) < 4.78 is 10.6. The number of hydrogen-bond acceptors (Lipinski definition) is 5. The molecule has 1 N–H and O–H groups in total. The molecule has 0 aliphatic carbocycles. The van der Waals surface area contributed by atoms with Crippen LogP contribution in [0.25, 0.3) is 0 Å². The third kappa shape index (κ3) is 4.77. The topological polar surface area (TPSA) is 71.8 Å². The molecule has 0 bridgehead atoms. The maximum atomic E-state index is 12.7. The van der Waals surface area contributed by atoms with Gasteiger partial charge in [0.2, 0.25) is 5.91 Å². The van der Waals surface area contributed by atoms with E-state index in [1.807, 2.05) is 60.4 Å². The van der Waals surface area contributed by atoms with Crippen LogP contribution in [0.15, 0.2) is 71.3 Å². The predicted molar refractivity (Wildman–Crippen MR) is 120 cm³/mol. The third-order valence-corrected chi connectivity index (χ3v) is 6.55. The van der Waals surface area contributed by atoms with Gasteiger partial charge in [-0.2, -0.15) is 0 Å². The summed E-state index contributed by atoms with van der Waals surface area (Å²) in [5, 5.41) is 2.93. The van der Waals surface area contributed by atoms with Crippen molar-refractivity contribution in [2.45, 2.75) is 24.9 Å². The summed E-state index contributed by atoms with van der Waals surface area (Å²) >= 11 is 1.58. The number of carbonyl (C=O) groups is 2. The first-order valence-corrected chi connectivity index (χ1v) is 11.1. The Morgan fingerprint density at radius 3 is 2.58 bits per heavy atom. The Morgan fingerprint density at radius 1 is 1.19 bits per heavy atom. The van der Waals surface area contributed by atoms with Gasteiger partial charge in [0.25, 0.3) is 5.91 Å². The zero-order chi connectivity index (χ0) is 21.8. The van der Waals surface area contributed by atoms with Gasteiger partial charge in [0.05, 0.1) is 31.7 Å². The maximum absolute atomic E-state index is 12.7. The monoisotopic (exact) mass is 436 g/mol. The number of thioether (sulfide) groups is 1. The van der Waals surface area contributed by atoms with Crippen LogP contribution < -0.4 is 10.1 Å². The van der Waals surface area contributed by atoms with Crippen LogP contribution in [0.4, 0.5) is 0 Å². The van der Waals surface area contributed by atoms with E-state index in [4.69, 9.17) is 9.15 Å². The Morgan fingerprint density at radius 2 is 1.94 bits per heavy atom. The summed E-state index contributed by atoms with van der Waals surface area (Å²) in [5.74, 6) is 1.91. The zero-order valence-electron chi connectivity index (χ0n) is 17.4. The van der Waals surface area contributed by atoms with E-state index in [2.05, 4.69) is 5.32 Å². The summed E-state index contributed by atoms with van der Waals surface area (Å²) in [4.78, 5) is 26.9. The normalized spacial score (nSPS) is 16.9. The highest BCUT2D eigenvalue weighted by molar-refractivity contribution is 8.00. The van der Waals surface area contributed by atoms with E-state index in [1.165, 1.54) is 0 Å². The Bertz CT molecular complexity index is 1030. The van der Waals surface area contributed by atoms with Crippen LogP contribution in [0, 0.1) is 0 Å². The van der Waals surface area contributed by atoms with Crippen LogP contribution in [0.1, 0.15) is 45.6 Å². The molecule has 0 radical (unpaired) electrons. The number of rotatable bonds is 7. The summed E-state index contributed by atoms with van der Waals surface area (Å²) in [6.45, 7) is 2.38. The molecule has 1 aromatic heterocycles. The second kappa shape index (κ2) is 9.31. The number of furan rings is 1. The Balaban J connectivity index is 1.42. The maximum Gasteiger partial charge on any atom is 0.251 e. The molecule has 0 unspecified atom stereocenters. The molecule has 3 aromatic rings. The van der Waals surface area contributed by atoms with E-state index in [9.17, 15) is 9.59 Å². The van der Waals surface area contributed by atoms with Crippen LogP contribution in [0.2, 0.25) is 0 Å². The highest BCUT2D eigenvalue weighted by Crippen LogP contribution is 2.39. The molecule has 1 aliphatic heterocycles. The minimum absolute atomic E-state index is 0.0848. The Kier molecular flexibility index (Phi) is 6.32. The lowest BCUT2D eigenvalue weighted by atomic mass is 10.1. The molecule has 2 heterocycles. The predicted octanol–water partition coefficient (Wildman–Crippen LogP) is 4.55. The molecule has 2 aromatic carbocycles. The van der Waals surface area contributed by atoms with Crippen LogP contribution in [-0.4, -0.2) is 29.6 Å². The summed E-state index contributed by atoms with van der Waals surface area (Å²) in [6, 6.07) is 18.6. The van der Waals surface area contributed by atoms with Gasteiger partial charge in [0, 0.05) is 5.56 Å². The molecular formula is C24H24N2O4S. The van der Waals surface area contributed by atoms with Gasteiger partial charge in [-0.1, -0.05) is 24.3 Å². The smallest absolute Gasteiger partial charge is 0.251 e. The minimum Gasteiger partial charge on any atom is -0.497 e. The van der Waals surface area contributed by atoms with Gasteiger partial charge in [0.1, 0.15) is 16.9 Å². The van der Waals surface area contributed by atoms with Crippen molar-refractivity contribution >= 4 is 23.6 Å². The first-order valence-electron chi connectivity index (χ1n) is 10.0. The lowest BCUT2D eigenvalue weighted by molar-refractivity contribution is -0.128. The lowest BCUT2D eigenvalue weighted by Gasteiger charge is -2.23. The number of benzene rings is 2. The molecule has 1 aliphatic rings. The van der Waals surface area contributed by atoms with Crippen LogP contribution in [0.3, 0.4) is 0 Å². The van der Waals surface area contributed by atoms with E-state index >= 15 is 0 Å². The highest BCUT2D eigenvalue weighted by atomic mass is 32.2. The van der Waals surface area contributed by atoms with Crippen molar-refractivity contribution in [3.63, 3.8) is 0 Å². The quantitative estimate of drug-likeness (QED) is 0.588. The van der Waals surface area contributed by atoms with Crippen molar-refractivity contribution in [1.29, 1.82) is 0 Å². The minimum atomic E-state index is -0.141. The van der Waals surface area contributed by atoms with Crippen molar-refractivity contribution in [2.24, 2.45) is 0 Å². The van der Waals surface area contributed by atoms with E-state index in [-0.39, 0.29) is 23.2 Å². The fourth-order valence-electron chi connectivity index (χ4n) is 3.53. The first-order chi connectivity index (χ1) is 15.0. The molecule has 31 heavy (non-hydrogen) atoms. The number of amides is 2. The molecule has 160 valence electrons. The second-order valence-electron chi connectivity index (χ2n) is 7.35. The van der Waals surface area contributed by atoms with Crippen molar-refractivity contribution in [2.75, 3.05) is 12.9 Å². The summed E-state index contributed by atoms with van der Waals surface area (Å²) in [6.07, 6.45) is 1.61. The third-order valence-electron chi connectivity index (χ3n) is 5.30. The van der Waals surface area contributed by atoms with Crippen molar-refractivity contribution in [3.8, 4) is 5.75 Å². The van der Waals surface area contributed by atoms with Gasteiger partial charge in [0.15, 0.2) is 0 Å². The Hall–Kier alpha value is -3.19. The molecule has 7 heteroatoms. The number of nitrogens with zero attached hydrogens (tertiary/aromatic N) is 1. The fourth-order valence-corrected chi connectivity index (χ4v) is 4.71. The van der Waals surface area contributed by atoms with Gasteiger partial charge < -0.3 is 19.4 Å². The molecule has 1 fully saturated rings. The van der Waals surface area contributed by atoms with Crippen LogP contribution >= 0.6 is 11.8 Å². The number of methoxy groups -OCH3 is 1. The lowest BCUT2D eigenvalue weighted by Crippen LogP contribution is -2.28. The number of carbonyl (C=O) groups excluding carboxylic acids is 2. The second-order valence-corrected chi connectivity index (χ2v) is 8.42. The summed E-state index contributed by atoms with van der Waals surface area (Å²) in [7, 11) is 1.63. The largest absolute Gasteiger partial charge is 0.497 e. The highest BCUT2D eigenvalue weighted by Gasteiger charge is 2.33. The molecular weight excluding hydrogens is 412 g/mol. The van der Waals surface area contributed by atoms with Crippen LogP contribution in [-0.2, 0) is 11.3 Å². The van der Waals surface area contributed by atoms with Gasteiger partial charge in [-0.05, 0) is 54.4 Å². The zero-order valence-corrected chi connectivity index (χ0v) is 18.2. The van der Waals surface area contributed by atoms with E-state index in [0.29, 0.717) is 17.9 Å². The fraction of sp³-hybridized carbons (Fsp3) is 0.250. The van der Waals surface area contributed by atoms with Crippen LogP contribution in [0.5, 0.6) is 5.75 Å². The van der Waals surface area contributed by atoms with Gasteiger partial charge in [-0.15, -0.1) is 11.8 Å². The molecule has 6 nitrogen and oxygen atoms in total.